The summed E-state index contributed by atoms with van der Waals surface area (Å²) in [5, 5.41) is 3.69. The van der Waals surface area contributed by atoms with Gasteiger partial charge in [-0.15, -0.1) is 0 Å². The number of anilines is 1. The maximum absolute atomic E-state index is 5.59. The SMILES string of the molecule is COc1ccc([C@@H]2NC3=NCN(C4CCCCC4)CN3c3nc4ccccc4n32)cc1OC. The number of methoxy groups -OCH3 is 2. The summed E-state index contributed by atoms with van der Waals surface area (Å²) in [5.74, 6) is 3.23. The van der Waals surface area contributed by atoms with E-state index in [0.29, 0.717) is 17.5 Å². The van der Waals surface area contributed by atoms with E-state index in [1.54, 1.807) is 14.2 Å². The molecule has 0 radical (unpaired) electrons. The Morgan fingerprint density at radius 3 is 2.61 bits per heavy atom. The Balaban J connectivity index is 1.44. The molecule has 2 aromatic carbocycles. The molecule has 3 aromatic rings. The van der Waals surface area contributed by atoms with Gasteiger partial charge in [-0.25, -0.2) is 9.98 Å². The summed E-state index contributed by atoms with van der Waals surface area (Å²) in [5.41, 5.74) is 3.14. The minimum absolute atomic E-state index is 0.150. The molecule has 0 spiro atoms. The fourth-order valence-electron chi connectivity index (χ4n) is 5.41. The summed E-state index contributed by atoms with van der Waals surface area (Å²) in [6.07, 6.45) is 6.36. The quantitative estimate of drug-likeness (QED) is 0.655. The van der Waals surface area contributed by atoms with Gasteiger partial charge in [0, 0.05) is 6.04 Å². The van der Waals surface area contributed by atoms with Crippen molar-refractivity contribution in [3.8, 4) is 11.5 Å². The van der Waals surface area contributed by atoms with Gasteiger partial charge >= 0.3 is 0 Å². The number of ether oxygens (including phenoxy) is 2. The van der Waals surface area contributed by atoms with Crippen LogP contribution in [0.3, 0.4) is 0 Å². The first-order chi connectivity index (χ1) is 16.3. The maximum atomic E-state index is 5.59. The third-order valence-electron chi connectivity index (χ3n) is 7.14. The van der Waals surface area contributed by atoms with Crippen LogP contribution in [0.5, 0.6) is 11.5 Å². The number of aromatic nitrogens is 2. The first kappa shape index (κ1) is 20.4. The Morgan fingerprint density at radius 1 is 0.970 bits per heavy atom. The molecule has 1 aromatic heterocycles. The second-order valence-corrected chi connectivity index (χ2v) is 9.00. The molecule has 1 N–H and O–H groups in total. The van der Waals surface area contributed by atoms with Crippen LogP contribution in [0.15, 0.2) is 47.5 Å². The lowest BCUT2D eigenvalue weighted by Gasteiger charge is -2.44. The number of para-hydroxylation sites is 2. The van der Waals surface area contributed by atoms with Crippen LogP contribution in [-0.4, -0.2) is 54.0 Å². The minimum atomic E-state index is -0.150. The number of nitrogens with one attached hydrogen (secondary N) is 1. The summed E-state index contributed by atoms with van der Waals surface area (Å²) >= 11 is 0. The highest BCUT2D eigenvalue weighted by Crippen LogP contribution is 2.37. The normalized spacial score (nSPS) is 21.2. The van der Waals surface area contributed by atoms with Gasteiger partial charge in [0.1, 0.15) is 6.17 Å². The number of benzene rings is 2. The van der Waals surface area contributed by atoms with E-state index in [1.807, 2.05) is 18.2 Å². The van der Waals surface area contributed by atoms with E-state index >= 15 is 0 Å². The molecule has 8 heteroatoms. The maximum Gasteiger partial charge on any atom is 0.216 e. The zero-order chi connectivity index (χ0) is 22.4. The smallest absolute Gasteiger partial charge is 0.216 e. The molecular formula is C25H30N6O2. The lowest BCUT2D eigenvalue weighted by Crippen LogP contribution is -2.59. The van der Waals surface area contributed by atoms with E-state index in [2.05, 4.69) is 43.9 Å². The van der Waals surface area contributed by atoms with Gasteiger partial charge in [-0.1, -0.05) is 37.5 Å². The molecular weight excluding hydrogens is 416 g/mol. The first-order valence-corrected chi connectivity index (χ1v) is 11.8. The van der Waals surface area contributed by atoms with Crippen molar-refractivity contribution in [3.05, 3.63) is 48.0 Å². The third-order valence-corrected chi connectivity index (χ3v) is 7.14. The molecule has 1 atom stereocenters. The van der Waals surface area contributed by atoms with Gasteiger partial charge in [0.15, 0.2) is 11.5 Å². The predicted molar refractivity (Wildman–Crippen MR) is 129 cm³/mol. The average Bonchev–Trinajstić information content (AvgIpc) is 3.28. The van der Waals surface area contributed by atoms with E-state index in [9.17, 15) is 0 Å². The molecule has 33 heavy (non-hydrogen) atoms. The molecule has 172 valence electrons. The molecule has 1 saturated carbocycles. The number of imidazole rings is 1. The first-order valence-electron chi connectivity index (χ1n) is 11.8. The van der Waals surface area contributed by atoms with Crippen molar-refractivity contribution in [3.63, 3.8) is 0 Å². The van der Waals surface area contributed by atoms with Crippen molar-refractivity contribution < 1.29 is 9.47 Å². The minimum Gasteiger partial charge on any atom is -0.493 e. The van der Waals surface area contributed by atoms with Crippen molar-refractivity contribution in [2.45, 2.75) is 44.3 Å². The Hall–Kier alpha value is -3.26. The standard InChI is InChI=1S/C25H30N6O2/c1-32-21-13-12-17(14-22(21)33-2)23-28-24-26-15-29(18-8-4-3-5-9-18)16-30(24)25-27-19-10-6-7-11-20(19)31(23)25/h6-7,10-14,18,23H,3-5,8-9,15-16H2,1-2H3,(H,26,28)/t23-/m1/s1. The predicted octanol–water partition coefficient (Wildman–Crippen LogP) is 3.93. The zero-order valence-corrected chi connectivity index (χ0v) is 19.2. The van der Waals surface area contributed by atoms with Crippen LogP contribution in [0, 0.1) is 0 Å². The van der Waals surface area contributed by atoms with Gasteiger partial charge in [-0.2, -0.15) is 0 Å². The molecule has 1 fully saturated rings. The van der Waals surface area contributed by atoms with Crippen LogP contribution in [-0.2, 0) is 0 Å². The molecule has 0 unspecified atom stereocenters. The number of aliphatic imine (C=N–C) groups is 1. The molecule has 1 aliphatic carbocycles. The molecule has 2 aliphatic heterocycles. The largest absolute Gasteiger partial charge is 0.493 e. The van der Waals surface area contributed by atoms with E-state index in [4.69, 9.17) is 19.5 Å². The summed E-state index contributed by atoms with van der Waals surface area (Å²) in [6, 6.07) is 15.0. The molecule has 8 nitrogen and oxygen atoms in total. The second-order valence-electron chi connectivity index (χ2n) is 9.00. The van der Waals surface area contributed by atoms with E-state index < -0.39 is 0 Å². The van der Waals surface area contributed by atoms with Crippen molar-refractivity contribution >= 4 is 22.9 Å². The highest BCUT2D eigenvalue weighted by molar-refractivity contribution is 5.98. The van der Waals surface area contributed by atoms with Crippen molar-refractivity contribution in [1.29, 1.82) is 0 Å². The van der Waals surface area contributed by atoms with Gasteiger partial charge in [0.25, 0.3) is 0 Å². The number of hydrogen-bond donors (Lipinski definition) is 1. The molecule has 0 saturated heterocycles. The average molecular weight is 447 g/mol. The number of nitrogens with zero attached hydrogens (tertiary/aromatic N) is 5. The summed E-state index contributed by atoms with van der Waals surface area (Å²) in [6.45, 7) is 1.53. The van der Waals surface area contributed by atoms with Gasteiger partial charge in [-0.3, -0.25) is 14.4 Å². The highest BCUT2D eigenvalue weighted by atomic mass is 16.5. The zero-order valence-electron chi connectivity index (χ0n) is 19.2. The van der Waals surface area contributed by atoms with Crippen LogP contribution in [0.25, 0.3) is 11.0 Å². The summed E-state index contributed by atoms with van der Waals surface area (Å²) in [4.78, 5) is 14.8. The Bertz CT molecular complexity index is 1200. The highest BCUT2D eigenvalue weighted by Gasteiger charge is 2.37. The summed E-state index contributed by atoms with van der Waals surface area (Å²) < 4.78 is 13.3. The number of rotatable bonds is 4. The van der Waals surface area contributed by atoms with E-state index in [1.165, 1.54) is 32.1 Å². The number of guanidine groups is 1. The lowest BCUT2D eigenvalue weighted by molar-refractivity contribution is 0.156. The molecule has 6 rings (SSSR count). The van der Waals surface area contributed by atoms with Crippen LogP contribution in [0.1, 0.15) is 43.8 Å². The third kappa shape index (κ3) is 3.40. The van der Waals surface area contributed by atoms with Gasteiger partial charge in [0.2, 0.25) is 11.9 Å². The molecule has 3 aliphatic rings. The number of fused-ring (bicyclic) bond motifs is 5. The summed E-state index contributed by atoms with van der Waals surface area (Å²) in [7, 11) is 3.32. The molecule has 0 amide bonds. The van der Waals surface area contributed by atoms with Crippen LogP contribution in [0.4, 0.5) is 5.95 Å². The van der Waals surface area contributed by atoms with Crippen molar-refractivity contribution in [1.82, 2.24) is 19.8 Å². The van der Waals surface area contributed by atoms with Gasteiger partial charge in [0.05, 0.1) is 38.6 Å². The van der Waals surface area contributed by atoms with Crippen LogP contribution >= 0.6 is 0 Å². The number of hydrogen-bond acceptors (Lipinski definition) is 7. The molecule has 0 bridgehead atoms. The van der Waals surface area contributed by atoms with Gasteiger partial charge in [-0.05, 0) is 42.7 Å². The van der Waals surface area contributed by atoms with Gasteiger partial charge < -0.3 is 14.8 Å². The Kier molecular flexibility index (Phi) is 5.10. The van der Waals surface area contributed by atoms with Crippen molar-refractivity contribution in [2.24, 2.45) is 4.99 Å². The van der Waals surface area contributed by atoms with Crippen molar-refractivity contribution in [2.75, 3.05) is 32.5 Å². The topological polar surface area (TPSA) is 67.2 Å². The lowest BCUT2D eigenvalue weighted by atomic mass is 9.94. The molecule has 3 heterocycles. The Morgan fingerprint density at radius 2 is 1.79 bits per heavy atom. The second kappa shape index (κ2) is 8.26. The Labute approximate surface area is 193 Å². The van der Waals surface area contributed by atoms with E-state index in [-0.39, 0.29) is 6.17 Å². The monoisotopic (exact) mass is 446 g/mol. The fraction of sp³-hybridized carbons (Fsp3) is 0.440. The van der Waals surface area contributed by atoms with Crippen LogP contribution < -0.4 is 19.7 Å². The van der Waals surface area contributed by atoms with Crippen LogP contribution in [0.2, 0.25) is 0 Å². The fourth-order valence-corrected chi connectivity index (χ4v) is 5.41. The van der Waals surface area contributed by atoms with E-state index in [0.717, 1.165) is 41.8 Å².